The van der Waals surface area contributed by atoms with Crippen molar-refractivity contribution in [1.82, 2.24) is 10.4 Å². The van der Waals surface area contributed by atoms with Gasteiger partial charge in [0.25, 0.3) is 0 Å². The molecule has 0 atom stereocenters. The fraction of sp³-hybridized carbons (Fsp3) is 0.857. The van der Waals surface area contributed by atoms with Crippen molar-refractivity contribution < 1.29 is 4.79 Å². The molecule has 0 saturated heterocycles. The molecule has 4 nitrogen and oxygen atoms in total. The fourth-order valence-corrected chi connectivity index (χ4v) is 0.447. The first-order valence-corrected chi connectivity index (χ1v) is 3.58. The lowest BCUT2D eigenvalue weighted by Gasteiger charge is -2.23. The van der Waals surface area contributed by atoms with Crippen LogP contribution in [-0.4, -0.2) is 31.6 Å². The van der Waals surface area contributed by atoms with E-state index in [0.717, 1.165) is 0 Å². The smallest absolute Gasteiger partial charge is 0.241 e. The first-order chi connectivity index (χ1) is 4.90. The number of rotatable bonds is 3. The molecule has 1 amide bonds. The Kier molecular flexibility index (Phi) is 3.48. The van der Waals surface area contributed by atoms with Crippen LogP contribution in [0.5, 0.6) is 0 Å². The zero-order chi connectivity index (χ0) is 9.07. The largest absolute Gasteiger partial charge is 0.329 e. The third-order valence-corrected chi connectivity index (χ3v) is 1.45. The van der Waals surface area contributed by atoms with Gasteiger partial charge in [0.05, 0.1) is 5.41 Å². The van der Waals surface area contributed by atoms with Crippen molar-refractivity contribution in [2.24, 2.45) is 11.1 Å². The van der Waals surface area contributed by atoms with E-state index in [9.17, 15) is 4.79 Å². The van der Waals surface area contributed by atoms with E-state index in [0.29, 0.717) is 6.54 Å². The quantitative estimate of drug-likeness (QED) is 0.549. The molecule has 3 N–H and O–H groups in total. The van der Waals surface area contributed by atoms with E-state index in [1.807, 2.05) is 13.8 Å². The first-order valence-electron chi connectivity index (χ1n) is 3.58. The third-order valence-electron chi connectivity index (χ3n) is 1.45. The number of hydrazine groups is 1. The maximum absolute atomic E-state index is 11.3. The average Bonchev–Trinajstić information content (AvgIpc) is 1.86. The number of hydrogen-bond acceptors (Lipinski definition) is 3. The van der Waals surface area contributed by atoms with Crippen LogP contribution in [0.2, 0.25) is 0 Å². The van der Waals surface area contributed by atoms with Crippen LogP contribution in [0.4, 0.5) is 0 Å². The fourth-order valence-electron chi connectivity index (χ4n) is 0.447. The Bertz CT molecular complexity index is 143. The van der Waals surface area contributed by atoms with Crippen LogP contribution in [0, 0.1) is 5.41 Å². The number of carbonyl (C=O) groups is 1. The minimum absolute atomic E-state index is 0.0509. The average molecular weight is 159 g/mol. The highest BCUT2D eigenvalue weighted by atomic mass is 16.2. The number of amides is 1. The molecule has 0 heterocycles. The summed E-state index contributed by atoms with van der Waals surface area (Å²) >= 11 is 0. The zero-order valence-corrected chi connectivity index (χ0v) is 7.64. The molecular weight excluding hydrogens is 142 g/mol. The van der Waals surface area contributed by atoms with Crippen molar-refractivity contribution in [1.29, 1.82) is 0 Å². The first kappa shape index (κ1) is 10.4. The number of nitrogens with two attached hydrogens (primary N) is 1. The van der Waals surface area contributed by atoms with E-state index in [1.54, 1.807) is 19.1 Å². The van der Waals surface area contributed by atoms with Gasteiger partial charge in [0.1, 0.15) is 0 Å². The number of nitrogens with zero attached hydrogens (tertiary/aromatic N) is 1. The maximum Gasteiger partial charge on any atom is 0.241 e. The molecule has 0 bridgehead atoms. The van der Waals surface area contributed by atoms with Gasteiger partial charge in [0.2, 0.25) is 5.91 Å². The molecule has 0 aromatic rings. The van der Waals surface area contributed by atoms with Gasteiger partial charge < -0.3 is 5.73 Å². The summed E-state index contributed by atoms with van der Waals surface area (Å²) in [6.45, 7) is 3.98. The molecule has 0 aliphatic rings. The van der Waals surface area contributed by atoms with Gasteiger partial charge in [0.15, 0.2) is 0 Å². The molecule has 0 aromatic heterocycles. The second-order valence-corrected chi connectivity index (χ2v) is 3.42. The summed E-state index contributed by atoms with van der Waals surface area (Å²) < 4.78 is 0. The van der Waals surface area contributed by atoms with Crippen LogP contribution >= 0.6 is 0 Å². The van der Waals surface area contributed by atoms with Gasteiger partial charge in [-0.15, -0.1) is 0 Å². The van der Waals surface area contributed by atoms with Crippen LogP contribution in [-0.2, 0) is 4.79 Å². The lowest BCUT2D eigenvalue weighted by molar-refractivity contribution is -0.132. The van der Waals surface area contributed by atoms with Gasteiger partial charge >= 0.3 is 0 Å². The topological polar surface area (TPSA) is 58.4 Å². The van der Waals surface area contributed by atoms with Crippen molar-refractivity contribution in [2.45, 2.75) is 13.8 Å². The van der Waals surface area contributed by atoms with Gasteiger partial charge in [-0.05, 0) is 13.8 Å². The van der Waals surface area contributed by atoms with E-state index in [1.165, 1.54) is 0 Å². The molecule has 0 radical (unpaired) electrons. The molecule has 0 aromatic carbocycles. The van der Waals surface area contributed by atoms with Crippen molar-refractivity contribution in [3.05, 3.63) is 0 Å². The number of nitrogens with one attached hydrogen (secondary N) is 1. The van der Waals surface area contributed by atoms with E-state index in [4.69, 9.17) is 5.73 Å². The molecular formula is C7H17N3O. The van der Waals surface area contributed by atoms with Crippen LogP contribution in [0.3, 0.4) is 0 Å². The second kappa shape index (κ2) is 3.69. The molecule has 0 fully saturated rings. The van der Waals surface area contributed by atoms with Gasteiger partial charge in [0, 0.05) is 20.6 Å². The lowest BCUT2D eigenvalue weighted by atomic mass is 9.93. The molecule has 0 aliphatic heterocycles. The van der Waals surface area contributed by atoms with Gasteiger partial charge in [-0.25, -0.2) is 5.01 Å². The van der Waals surface area contributed by atoms with Crippen molar-refractivity contribution >= 4 is 5.91 Å². The molecule has 0 aliphatic carbocycles. The Balaban J connectivity index is 4.02. The normalized spacial score (nSPS) is 11.8. The van der Waals surface area contributed by atoms with E-state index < -0.39 is 5.41 Å². The molecule has 11 heavy (non-hydrogen) atoms. The minimum Gasteiger partial charge on any atom is -0.329 e. The van der Waals surface area contributed by atoms with Gasteiger partial charge in [-0.1, -0.05) is 0 Å². The predicted octanol–water partition coefficient (Wildman–Crippen LogP) is -0.436. The van der Waals surface area contributed by atoms with Crippen molar-refractivity contribution in [2.75, 3.05) is 20.6 Å². The summed E-state index contributed by atoms with van der Waals surface area (Å²) in [7, 11) is 3.54. The molecule has 0 rings (SSSR count). The minimum atomic E-state index is -0.482. The summed E-state index contributed by atoms with van der Waals surface area (Å²) in [6.07, 6.45) is 0. The number of carbonyl (C=O) groups excluding carboxylic acids is 1. The Morgan fingerprint density at radius 2 is 2.00 bits per heavy atom. The molecule has 4 heteroatoms. The van der Waals surface area contributed by atoms with Crippen molar-refractivity contribution in [3.63, 3.8) is 0 Å². The summed E-state index contributed by atoms with van der Waals surface area (Å²) in [5.74, 6) is -0.0509. The lowest BCUT2D eigenvalue weighted by Crippen LogP contribution is -2.47. The maximum atomic E-state index is 11.3. The third kappa shape index (κ3) is 3.34. The van der Waals surface area contributed by atoms with Crippen LogP contribution < -0.4 is 11.2 Å². The zero-order valence-electron chi connectivity index (χ0n) is 7.64. The summed E-state index contributed by atoms with van der Waals surface area (Å²) in [5, 5.41) is 1.61. The van der Waals surface area contributed by atoms with Crippen LogP contribution in [0.1, 0.15) is 13.8 Å². The van der Waals surface area contributed by atoms with E-state index in [-0.39, 0.29) is 5.91 Å². The molecule has 66 valence electrons. The highest BCUT2D eigenvalue weighted by Crippen LogP contribution is 2.11. The van der Waals surface area contributed by atoms with E-state index >= 15 is 0 Å². The van der Waals surface area contributed by atoms with Crippen molar-refractivity contribution in [3.8, 4) is 0 Å². The Labute approximate surface area is 67.7 Å². The van der Waals surface area contributed by atoms with Crippen LogP contribution in [0.25, 0.3) is 0 Å². The monoisotopic (exact) mass is 159 g/mol. The second-order valence-electron chi connectivity index (χ2n) is 3.42. The highest BCUT2D eigenvalue weighted by Gasteiger charge is 2.25. The number of hydrogen-bond donors (Lipinski definition) is 2. The summed E-state index contributed by atoms with van der Waals surface area (Å²) in [4.78, 5) is 11.3. The molecule has 0 unspecified atom stereocenters. The van der Waals surface area contributed by atoms with Gasteiger partial charge in [-0.2, -0.15) is 0 Å². The van der Waals surface area contributed by atoms with Crippen LogP contribution in [0.15, 0.2) is 0 Å². The predicted molar refractivity (Wildman–Crippen MR) is 44.7 cm³/mol. The summed E-state index contributed by atoms with van der Waals surface area (Å²) in [6, 6.07) is 0. The SMILES string of the molecule is CN(C)NC(=O)C(C)(C)CN. The highest BCUT2D eigenvalue weighted by molar-refractivity contribution is 5.81. The Morgan fingerprint density at radius 3 is 2.27 bits per heavy atom. The molecule has 0 spiro atoms. The standard InChI is InChI=1S/C7H17N3O/c1-7(2,5-8)6(11)9-10(3)4/h5,8H2,1-4H3,(H,9,11). The molecule has 0 saturated carbocycles. The Morgan fingerprint density at radius 1 is 1.55 bits per heavy atom. The Hall–Kier alpha value is -0.610. The van der Waals surface area contributed by atoms with Gasteiger partial charge in [-0.3, -0.25) is 10.2 Å². The summed E-state index contributed by atoms with van der Waals surface area (Å²) in [5.41, 5.74) is 7.57. The van der Waals surface area contributed by atoms with E-state index in [2.05, 4.69) is 5.43 Å².